The summed E-state index contributed by atoms with van der Waals surface area (Å²) in [5.41, 5.74) is 8.91. The molecule has 11 heteroatoms. The fourth-order valence-corrected chi connectivity index (χ4v) is 5.26. The number of carbonyl (C=O) groups excluding carboxylic acids is 1. The van der Waals surface area contributed by atoms with Gasteiger partial charge in [0.05, 0.1) is 24.5 Å². The second kappa shape index (κ2) is 12.1. The van der Waals surface area contributed by atoms with Gasteiger partial charge >= 0.3 is 5.69 Å². The first-order valence-electron chi connectivity index (χ1n) is 14.3. The number of nitrogens with one attached hydrogen (secondary N) is 1. The Kier molecular flexibility index (Phi) is 7.86. The first kappa shape index (κ1) is 28.7. The summed E-state index contributed by atoms with van der Waals surface area (Å²) >= 11 is 0. The molecular weight excluding hydrogens is 558 g/mol. The first-order valence-corrected chi connectivity index (χ1v) is 14.3. The lowest BCUT2D eigenvalue weighted by Gasteiger charge is -2.26. The number of rotatable bonds is 10. The molecule has 3 N–H and O–H groups in total. The van der Waals surface area contributed by atoms with Crippen molar-refractivity contribution in [3.8, 4) is 28.6 Å². The molecule has 1 unspecified atom stereocenters. The second-order valence-electron chi connectivity index (χ2n) is 10.6. The number of nitrogens with zero attached hydrogens (tertiary/aromatic N) is 5. The summed E-state index contributed by atoms with van der Waals surface area (Å²) in [6.07, 6.45) is 6.99. The third-order valence-corrected chi connectivity index (χ3v) is 7.75. The van der Waals surface area contributed by atoms with Crippen LogP contribution in [0.5, 0.6) is 17.2 Å². The minimum absolute atomic E-state index is 0.165. The van der Waals surface area contributed by atoms with Crippen molar-refractivity contribution in [2.75, 3.05) is 26.9 Å². The molecule has 6 rings (SSSR count). The number of amides is 1. The fraction of sp³-hybridized carbons (Fsp3) is 0.212. The zero-order chi connectivity index (χ0) is 30.8. The van der Waals surface area contributed by atoms with Crippen LogP contribution < -0.4 is 26.2 Å². The molecule has 11 nitrogen and oxygen atoms in total. The molecule has 0 radical (unpaired) electrons. The summed E-state index contributed by atoms with van der Waals surface area (Å²) in [7, 11) is 5.26. The maximum absolute atomic E-state index is 14.1. The van der Waals surface area contributed by atoms with Gasteiger partial charge in [0.25, 0.3) is 0 Å². The average molecular weight is 592 g/mol. The Bertz CT molecular complexity index is 1890. The fourth-order valence-electron chi connectivity index (χ4n) is 5.26. The summed E-state index contributed by atoms with van der Waals surface area (Å²) in [6, 6.07) is 22.4. The summed E-state index contributed by atoms with van der Waals surface area (Å²) in [4.78, 5) is 37.1. The maximum Gasteiger partial charge on any atom is 0.339 e. The van der Waals surface area contributed by atoms with Crippen LogP contribution in [0.3, 0.4) is 0 Å². The predicted molar refractivity (Wildman–Crippen MR) is 169 cm³/mol. The molecule has 1 aliphatic carbocycles. The van der Waals surface area contributed by atoms with Crippen LogP contribution in [0.25, 0.3) is 22.5 Å². The molecule has 1 atom stereocenters. The van der Waals surface area contributed by atoms with E-state index < -0.39 is 0 Å². The van der Waals surface area contributed by atoms with Crippen LogP contribution in [0, 0.1) is 0 Å². The van der Waals surface area contributed by atoms with E-state index >= 15 is 0 Å². The molecule has 1 aliphatic rings. The number of fused-ring (bicyclic) bond motifs is 1. The molecule has 0 spiro atoms. The molecule has 2 aromatic heterocycles. The topological polar surface area (TPSA) is 130 Å². The monoisotopic (exact) mass is 591 g/mol. The molecule has 1 saturated carbocycles. The van der Waals surface area contributed by atoms with E-state index in [2.05, 4.69) is 27.2 Å². The number of anilines is 1. The van der Waals surface area contributed by atoms with Crippen molar-refractivity contribution in [1.82, 2.24) is 29.3 Å². The average Bonchev–Trinajstić information content (AvgIpc) is 3.85. The number of ether oxygens (including phenoxy) is 2. The summed E-state index contributed by atoms with van der Waals surface area (Å²) in [5.74, 6) is 1.99. The number of aromatic nitrogens is 4. The Morgan fingerprint density at radius 2 is 1.68 bits per heavy atom. The van der Waals surface area contributed by atoms with E-state index in [1.165, 1.54) is 15.5 Å². The number of methoxy groups -OCH3 is 1. The van der Waals surface area contributed by atoms with Gasteiger partial charge in [-0.1, -0.05) is 18.2 Å². The number of likely N-dealkylation sites (N-methyl/N-ethyl adjacent to an activating group) is 2. The molecule has 0 bridgehead atoms. The van der Waals surface area contributed by atoms with Crippen LogP contribution in [-0.2, 0) is 4.79 Å². The second-order valence-corrected chi connectivity index (χ2v) is 10.6. The summed E-state index contributed by atoms with van der Waals surface area (Å²) in [6.45, 7) is 0. The molecule has 1 fully saturated rings. The molecular formula is C33H33N7O4. The van der Waals surface area contributed by atoms with Gasteiger partial charge in [0.2, 0.25) is 5.91 Å². The molecule has 224 valence electrons. The van der Waals surface area contributed by atoms with Crippen LogP contribution in [-0.4, -0.2) is 57.2 Å². The summed E-state index contributed by atoms with van der Waals surface area (Å²) < 4.78 is 14.2. The smallest absolute Gasteiger partial charge is 0.339 e. The Morgan fingerprint density at radius 3 is 2.34 bits per heavy atom. The molecule has 5 aromatic rings. The third kappa shape index (κ3) is 5.64. The van der Waals surface area contributed by atoms with Crippen molar-refractivity contribution < 1.29 is 14.3 Å². The Balaban J connectivity index is 1.39. The van der Waals surface area contributed by atoms with Crippen molar-refractivity contribution in [3.05, 3.63) is 107 Å². The highest BCUT2D eigenvalue weighted by molar-refractivity contribution is 5.87. The quantitative estimate of drug-likeness (QED) is 0.229. The number of imidazole rings is 1. The van der Waals surface area contributed by atoms with Gasteiger partial charge in [0.15, 0.2) is 11.5 Å². The normalized spacial score (nSPS) is 13.8. The highest BCUT2D eigenvalue weighted by atomic mass is 16.5. The van der Waals surface area contributed by atoms with Gasteiger partial charge < -0.3 is 20.5 Å². The van der Waals surface area contributed by atoms with Gasteiger partial charge in [-0.2, -0.15) is 0 Å². The van der Waals surface area contributed by atoms with Crippen LogP contribution >= 0.6 is 0 Å². The Hall–Kier alpha value is -5.42. The summed E-state index contributed by atoms with van der Waals surface area (Å²) in [5, 5.41) is 2.63. The number of benzene rings is 3. The largest absolute Gasteiger partial charge is 0.497 e. The Morgan fingerprint density at radius 1 is 1.00 bits per heavy atom. The van der Waals surface area contributed by atoms with Gasteiger partial charge in [-0.25, -0.2) is 19.3 Å². The first-order chi connectivity index (χ1) is 21.4. The maximum atomic E-state index is 14.1. The molecule has 3 aromatic carbocycles. The van der Waals surface area contributed by atoms with Crippen LogP contribution in [0.1, 0.15) is 24.4 Å². The lowest BCUT2D eigenvalue weighted by molar-refractivity contribution is -0.116. The predicted octanol–water partition coefficient (Wildman–Crippen LogP) is 4.39. The molecule has 1 amide bonds. The Labute approximate surface area is 254 Å². The van der Waals surface area contributed by atoms with Crippen molar-refractivity contribution in [1.29, 1.82) is 0 Å². The highest BCUT2D eigenvalue weighted by Crippen LogP contribution is 2.35. The van der Waals surface area contributed by atoms with Crippen molar-refractivity contribution in [2.24, 2.45) is 0 Å². The lowest BCUT2D eigenvalue weighted by Crippen LogP contribution is -2.26. The standard InChI is InChI=1S/C33H33N7O4/c1-35-29(41)18-17-28(38(2)22-7-8-22)21-5-4-6-24(19-21)40-32-30(31(34)36-20-37-32)39(33(40)42)23-9-11-26(12-10-23)44-27-15-13-25(43-3)14-16-27/h4-6,9-20,22,28H,7-8H2,1-3H3,(H,35,41)(H2,34,36,37). The molecule has 0 saturated heterocycles. The molecule has 44 heavy (non-hydrogen) atoms. The number of nitrogen functional groups attached to an aromatic ring is 1. The number of hydrogen-bond donors (Lipinski definition) is 2. The van der Waals surface area contributed by atoms with Gasteiger partial charge in [0, 0.05) is 19.2 Å². The highest BCUT2D eigenvalue weighted by Gasteiger charge is 2.31. The minimum atomic E-state index is -0.346. The minimum Gasteiger partial charge on any atom is -0.497 e. The van der Waals surface area contributed by atoms with E-state index in [1.54, 1.807) is 44.5 Å². The van der Waals surface area contributed by atoms with Gasteiger partial charge in [-0.15, -0.1) is 0 Å². The van der Waals surface area contributed by atoms with E-state index in [0.717, 1.165) is 24.2 Å². The number of carbonyl (C=O) groups is 1. The van der Waals surface area contributed by atoms with E-state index in [4.69, 9.17) is 15.2 Å². The zero-order valence-electron chi connectivity index (χ0n) is 24.7. The van der Waals surface area contributed by atoms with Gasteiger partial charge in [0.1, 0.15) is 29.1 Å². The van der Waals surface area contributed by atoms with Gasteiger partial charge in [-0.05, 0) is 86.1 Å². The van der Waals surface area contributed by atoms with Crippen molar-refractivity contribution in [3.63, 3.8) is 0 Å². The SMILES string of the molecule is CNC(=O)C=CC(c1cccc(-n2c(=O)n(-c3ccc(Oc4ccc(OC)cc4)cc3)c3c(N)ncnc32)c1)N(C)C1CC1. The zero-order valence-corrected chi connectivity index (χ0v) is 24.7. The van der Waals surface area contributed by atoms with Crippen LogP contribution in [0.4, 0.5) is 5.82 Å². The van der Waals surface area contributed by atoms with Crippen LogP contribution in [0.15, 0.2) is 96.1 Å². The van der Waals surface area contributed by atoms with Crippen molar-refractivity contribution in [2.45, 2.75) is 24.9 Å². The molecule has 0 aliphatic heterocycles. The molecule has 2 heterocycles. The third-order valence-electron chi connectivity index (χ3n) is 7.75. The van der Waals surface area contributed by atoms with E-state index in [9.17, 15) is 9.59 Å². The number of nitrogens with two attached hydrogens (primary N) is 1. The van der Waals surface area contributed by atoms with Gasteiger partial charge in [-0.3, -0.25) is 14.3 Å². The van der Waals surface area contributed by atoms with Crippen molar-refractivity contribution >= 4 is 22.9 Å². The van der Waals surface area contributed by atoms with E-state index in [1.807, 2.05) is 54.6 Å². The van der Waals surface area contributed by atoms with E-state index in [-0.39, 0.29) is 23.5 Å². The number of hydrogen-bond acceptors (Lipinski definition) is 8. The lowest BCUT2D eigenvalue weighted by atomic mass is 10.0. The van der Waals surface area contributed by atoms with Crippen LogP contribution in [0.2, 0.25) is 0 Å². The van der Waals surface area contributed by atoms with E-state index in [0.29, 0.717) is 40.1 Å².